The fourth-order valence-corrected chi connectivity index (χ4v) is 6.30. The third-order valence-electron chi connectivity index (χ3n) is 8.24. The minimum absolute atomic E-state index is 0.0913. The van der Waals surface area contributed by atoms with Gasteiger partial charge in [0.25, 0.3) is 18.2 Å². The Balaban J connectivity index is 1.11. The molecule has 4 heterocycles. The number of likely N-dealkylation sites (tertiary alicyclic amines) is 1. The van der Waals surface area contributed by atoms with Crippen LogP contribution in [0.1, 0.15) is 64.2 Å². The van der Waals surface area contributed by atoms with E-state index in [0.29, 0.717) is 43.5 Å². The van der Waals surface area contributed by atoms with Gasteiger partial charge in [-0.3, -0.25) is 19.4 Å². The lowest BCUT2D eigenvalue weighted by Crippen LogP contribution is -2.65. The Bertz CT molecular complexity index is 1500. The van der Waals surface area contributed by atoms with E-state index in [1.807, 2.05) is 0 Å². The Morgan fingerprint density at radius 2 is 1.90 bits per heavy atom. The number of pyridine rings is 1. The van der Waals surface area contributed by atoms with Gasteiger partial charge in [-0.05, 0) is 61.4 Å². The molecule has 2 aliphatic heterocycles. The predicted octanol–water partition coefficient (Wildman–Crippen LogP) is 4.53. The molecule has 0 unspecified atom stereocenters. The van der Waals surface area contributed by atoms with Crippen LogP contribution in [-0.4, -0.2) is 58.3 Å². The molecule has 1 saturated carbocycles. The van der Waals surface area contributed by atoms with Crippen molar-refractivity contribution in [1.29, 1.82) is 0 Å². The smallest absolute Gasteiger partial charge is 0.281 e. The minimum Gasteiger partial charge on any atom is -0.451 e. The topological polar surface area (TPSA) is 109 Å². The van der Waals surface area contributed by atoms with Gasteiger partial charge in [-0.25, -0.2) is 18.2 Å². The maximum atomic E-state index is 14.3. The van der Waals surface area contributed by atoms with Gasteiger partial charge in [0, 0.05) is 37.6 Å². The maximum absolute atomic E-state index is 14.3. The van der Waals surface area contributed by atoms with Crippen molar-refractivity contribution in [2.75, 3.05) is 24.5 Å². The highest BCUT2D eigenvalue weighted by Crippen LogP contribution is 2.48. The SMILES string of the molecule is O=C(N[C@H]1CC[C@H](CN2C(=O)C3(CN(C(=O)c4cocn4)C3)c3cc(F)ccc32)CC1)c1cc(Cl)cnc1C(F)F. The highest BCUT2D eigenvalue weighted by Gasteiger charge is 2.59. The Morgan fingerprint density at radius 3 is 2.59 bits per heavy atom. The lowest BCUT2D eigenvalue weighted by atomic mass is 9.74. The van der Waals surface area contributed by atoms with Crippen LogP contribution in [0.15, 0.2) is 47.5 Å². The van der Waals surface area contributed by atoms with Crippen LogP contribution in [0.4, 0.5) is 18.9 Å². The van der Waals surface area contributed by atoms with Crippen LogP contribution < -0.4 is 10.2 Å². The van der Waals surface area contributed by atoms with Gasteiger partial charge in [-0.2, -0.15) is 0 Å². The van der Waals surface area contributed by atoms with Crippen LogP contribution in [0.2, 0.25) is 5.02 Å². The van der Waals surface area contributed by atoms with Gasteiger partial charge < -0.3 is 19.5 Å². The summed E-state index contributed by atoms with van der Waals surface area (Å²) in [6, 6.07) is 5.25. The first-order valence-corrected chi connectivity index (χ1v) is 13.6. The fourth-order valence-electron chi connectivity index (χ4n) is 6.14. The molecule has 1 spiro atoms. The third-order valence-corrected chi connectivity index (χ3v) is 8.45. The average Bonchev–Trinajstić information content (AvgIpc) is 3.54. The first-order valence-electron chi connectivity index (χ1n) is 13.2. The van der Waals surface area contributed by atoms with Crippen molar-refractivity contribution in [3.63, 3.8) is 0 Å². The fraction of sp³-hybridized carbons (Fsp3) is 0.393. The van der Waals surface area contributed by atoms with Gasteiger partial charge >= 0.3 is 0 Å². The zero-order valence-corrected chi connectivity index (χ0v) is 22.4. The molecule has 2 fully saturated rings. The molecule has 1 aromatic carbocycles. The molecular weight excluding hydrogens is 563 g/mol. The van der Waals surface area contributed by atoms with Crippen LogP contribution in [0.3, 0.4) is 0 Å². The Labute approximate surface area is 237 Å². The van der Waals surface area contributed by atoms with E-state index in [2.05, 4.69) is 15.3 Å². The number of halogens is 4. The van der Waals surface area contributed by atoms with Crippen LogP contribution in [0.25, 0.3) is 0 Å². The number of nitrogens with zero attached hydrogens (tertiary/aromatic N) is 4. The largest absolute Gasteiger partial charge is 0.451 e. The zero-order chi connectivity index (χ0) is 28.9. The first-order chi connectivity index (χ1) is 19.7. The number of anilines is 1. The molecule has 214 valence electrons. The van der Waals surface area contributed by atoms with E-state index < -0.39 is 29.3 Å². The van der Waals surface area contributed by atoms with Gasteiger partial charge in [0.1, 0.15) is 23.2 Å². The third kappa shape index (κ3) is 4.83. The number of aromatic nitrogens is 2. The molecule has 0 atom stereocenters. The second-order valence-electron chi connectivity index (χ2n) is 10.8. The molecule has 1 N–H and O–H groups in total. The van der Waals surface area contributed by atoms with Crippen molar-refractivity contribution < 1.29 is 32.0 Å². The van der Waals surface area contributed by atoms with E-state index >= 15 is 0 Å². The van der Waals surface area contributed by atoms with Gasteiger partial charge in [-0.1, -0.05) is 11.6 Å². The summed E-state index contributed by atoms with van der Waals surface area (Å²) in [4.78, 5) is 49.9. The van der Waals surface area contributed by atoms with Crippen LogP contribution >= 0.6 is 11.6 Å². The van der Waals surface area contributed by atoms with Gasteiger partial charge in [0.2, 0.25) is 5.91 Å². The molecule has 2 aromatic heterocycles. The standard InChI is InChI=1S/C28H25ClF3N5O4/c29-16-7-19(23(24(31)32)33-9-16)25(38)35-18-4-1-15(2-5-18)10-37-22-6-3-17(30)8-20(22)28(27(37)40)12-36(13-28)26(39)21-11-41-14-34-21/h3,6-9,11,14-15,18,24H,1-2,4-5,10,12-13H2,(H,35,38)/t15-,18-. The molecule has 0 bridgehead atoms. The number of carbonyl (C=O) groups is 3. The lowest BCUT2D eigenvalue weighted by molar-refractivity contribution is -0.128. The number of alkyl halides is 2. The number of nitrogens with one attached hydrogen (secondary N) is 1. The second kappa shape index (κ2) is 10.5. The number of oxazole rings is 1. The van der Waals surface area contributed by atoms with Crippen molar-refractivity contribution in [2.24, 2.45) is 5.92 Å². The van der Waals surface area contributed by atoms with Gasteiger partial charge in [0.15, 0.2) is 12.1 Å². The van der Waals surface area contributed by atoms with Crippen LogP contribution in [0.5, 0.6) is 0 Å². The second-order valence-corrected chi connectivity index (χ2v) is 11.2. The van der Waals surface area contributed by atoms with Crippen molar-refractivity contribution in [1.82, 2.24) is 20.2 Å². The highest BCUT2D eigenvalue weighted by atomic mass is 35.5. The molecule has 3 aliphatic rings. The van der Waals surface area contributed by atoms with E-state index in [0.717, 1.165) is 12.6 Å². The van der Waals surface area contributed by atoms with E-state index in [-0.39, 0.29) is 53.1 Å². The normalized spacial score (nSPS) is 21.2. The molecule has 0 radical (unpaired) electrons. The Morgan fingerprint density at radius 1 is 1.15 bits per heavy atom. The molecule has 1 aliphatic carbocycles. The van der Waals surface area contributed by atoms with E-state index in [1.165, 1.54) is 29.4 Å². The first kappa shape index (κ1) is 27.3. The number of benzene rings is 1. The molecular formula is C28H25ClF3N5O4. The quantitative estimate of drug-likeness (QED) is 0.454. The van der Waals surface area contributed by atoms with E-state index in [9.17, 15) is 27.6 Å². The summed E-state index contributed by atoms with van der Waals surface area (Å²) in [6.45, 7) is 0.634. The monoisotopic (exact) mass is 587 g/mol. The zero-order valence-electron chi connectivity index (χ0n) is 21.7. The number of carbonyl (C=O) groups excluding carboxylic acids is 3. The molecule has 1 saturated heterocycles. The summed E-state index contributed by atoms with van der Waals surface area (Å²) in [5, 5.41) is 2.91. The number of hydrogen-bond acceptors (Lipinski definition) is 6. The van der Waals surface area contributed by atoms with Crippen molar-refractivity contribution >= 4 is 35.0 Å². The molecule has 3 aromatic rings. The summed E-state index contributed by atoms with van der Waals surface area (Å²) in [6.07, 6.45) is 3.13. The lowest BCUT2D eigenvalue weighted by Gasteiger charge is -2.46. The Kier molecular flexibility index (Phi) is 6.96. The minimum atomic E-state index is -2.91. The van der Waals surface area contributed by atoms with Crippen LogP contribution in [-0.2, 0) is 10.2 Å². The summed E-state index contributed by atoms with van der Waals surface area (Å²) >= 11 is 5.88. The molecule has 9 nitrogen and oxygen atoms in total. The summed E-state index contributed by atoms with van der Waals surface area (Å²) < 4.78 is 45.9. The number of fused-ring (bicyclic) bond motifs is 2. The molecule has 41 heavy (non-hydrogen) atoms. The number of amides is 3. The van der Waals surface area contributed by atoms with Crippen LogP contribution in [0, 0.1) is 11.7 Å². The summed E-state index contributed by atoms with van der Waals surface area (Å²) in [5.41, 5.74) is -0.541. The average molecular weight is 588 g/mol. The van der Waals surface area contributed by atoms with Gasteiger partial charge in [0.05, 0.1) is 10.6 Å². The molecule has 13 heteroatoms. The number of rotatable bonds is 6. The molecule has 6 rings (SSSR count). The van der Waals surface area contributed by atoms with E-state index in [1.54, 1.807) is 11.0 Å². The van der Waals surface area contributed by atoms with Crippen molar-refractivity contribution in [3.8, 4) is 0 Å². The van der Waals surface area contributed by atoms with Gasteiger partial charge in [-0.15, -0.1) is 0 Å². The van der Waals surface area contributed by atoms with Crippen molar-refractivity contribution in [3.05, 3.63) is 76.5 Å². The summed E-state index contributed by atoms with van der Waals surface area (Å²) in [7, 11) is 0. The molecule has 3 amide bonds. The van der Waals surface area contributed by atoms with Crippen molar-refractivity contribution in [2.45, 2.75) is 43.6 Å². The predicted molar refractivity (Wildman–Crippen MR) is 140 cm³/mol. The highest BCUT2D eigenvalue weighted by molar-refractivity contribution is 6.30. The van der Waals surface area contributed by atoms with E-state index in [4.69, 9.17) is 16.0 Å². The number of hydrogen-bond donors (Lipinski definition) is 1. The summed E-state index contributed by atoms with van der Waals surface area (Å²) in [5.74, 6) is -1.53. The Hall–Kier alpha value is -3.93. The maximum Gasteiger partial charge on any atom is 0.281 e.